The fraction of sp³-hybridized carbons (Fsp3) is 0.333. The highest BCUT2D eigenvalue weighted by molar-refractivity contribution is 6.31. The minimum atomic E-state index is -0.344. The van der Waals surface area contributed by atoms with Gasteiger partial charge in [0.2, 0.25) is 5.91 Å². The molecule has 0 spiro atoms. The van der Waals surface area contributed by atoms with Gasteiger partial charge in [-0.15, -0.1) is 0 Å². The molecule has 0 bridgehead atoms. The van der Waals surface area contributed by atoms with Crippen LogP contribution in [0.2, 0.25) is 5.02 Å². The van der Waals surface area contributed by atoms with Crippen molar-refractivity contribution in [2.75, 3.05) is 13.1 Å². The average Bonchev–Trinajstić information content (AvgIpc) is 2.69. The van der Waals surface area contributed by atoms with E-state index in [2.05, 4.69) is 15.4 Å². The number of benzene rings is 2. The number of nitrogens with one attached hydrogen (secondary N) is 1. The standard InChI is InChI=1S/C21H23ClFN3O2/c1-14(18-4-2-3-5-20(18)27)24-25-21(28)15-8-10-26(11-9-15)13-16-6-7-17(23)12-19(16)22/h2-7,12,15,27H,8-11,13H2,1H3,(H,25,28)/b24-14+. The Labute approximate surface area is 168 Å². The summed E-state index contributed by atoms with van der Waals surface area (Å²) in [5.41, 5.74) is 4.64. The van der Waals surface area contributed by atoms with Crippen LogP contribution in [-0.2, 0) is 11.3 Å². The van der Waals surface area contributed by atoms with Crippen molar-refractivity contribution in [1.29, 1.82) is 0 Å². The van der Waals surface area contributed by atoms with Crippen LogP contribution in [0.4, 0.5) is 4.39 Å². The Morgan fingerprint density at radius 1 is 1.29 bits per heavy atom. The second-order valence-electron chi connectivity index (χ2n) is 6.98. The summed E-state index contributed by atoms with van der Waals surface area (Å²) in [5.74, 6) is -0.440. The molecule has 1 aliphatic heterocycles. The third-order valence-corrected chi connectivity index (χ3v) is 5.35. The average molecular weight is 404 g/mol. The van der Waals surface area contributed by atoms with Crippen LogP contribution >= 0.6 is 11.6 Å². The Morgan fingerprint density at radius 3 is 2.68 bits per heavy atom. The largest absolute Gasteiger partial charge is 0.507 e. The SMILES string of the molecule is C/C(=N\NC(=O)C1CCN(Cc2ccc(F)cc2Cl)CC1)c1ccccc1O. The Hall–Kier alpha value is -2.44. The van der Waals surface area contributed by atoms with Crippen molar-refractivity contribution in [3.63, 3.8) is 0 Å². The number of likely N-dealkylation sites (tertiary alicyclic amines) is 1. The van der Waals surface area contributed by atoms with Crippen molar-refractivity contribution in [2.45, 2.75) is 26.3 Å². The lowest BCUT2D eigenvalue weighted by Gasteiger charge is -2.31. The van der Waals surface area contributed by atoms with E-state index in [-0.39, 0.29) is 23.4 Å². The molecule has 148 valence electrons. The van der Waals surface area contributed by atoms with E-state index in [9.17, 15) is 14.3 Å². The van der Waals surface area contributed by atoms with Crippen LogP contribution in [0.5, 0.6) is 5.75 Å². The van der Waals surface area contributed by atoms with Gasteiger partial charge in [0, 0.05) is 23.0 Å². The number of phenolic OH excluding ortho intramolecular Hbond substituents is 1. The number of carbonyl (C=O) groups excluding carboxylic acids is 1. The summed E-state index contributed by atoms with van der Waals surface area (Å²) in [6.07, 6.45) is 1.44. The lowest BCUT2D eigenvalue weighted by molar-refractivity contribution is -0.126. The van der Waals surface area contributed by atoms with Crippen molar-refractivity contribution in [1.82, 2.24) is 10.3 Å². The van der Waals surface area contributed by atoms with Gasteiger partial charge in [-0.1, -0.05) is 29.8 Å². The number of phenols is 1. The second-order valence-corrected chi connectivity index (χ2v) is 7.38. The zero-order valence-corrected chi connectivity index (χ0v) is 16.4. The summed E-state index contributed by atoms with van der Waals surface area (Å²) in [6, 6.07) is 11.3. The maximum Gasteiger partial charge on any atom is 0.243 e. The van der Waals surface area contributed by atoms with Crippen molar-refractivity contribution in [3.05, 3.63) is 64.4 Å². The molecule has 2 aromatic carbocycles. The van der Waals surface area contributed by atoms with Crippen molar-refractivity contribution >= 4 is 23.2 Å². The minimum Gasteiger partial charge on any atom is -0.507 e. The number of hydrazone groups is 1. The predicted molar refractivity (Wildman–Crippen MR) is 108 cm³/mol. The van der Waals surface area contributed by atoms with E-state index in [0.29, 0.717) is 22.8 Å². The van der Waals surface area contributed by atoms with Crippen molar-refractivity contribution in [3.8, 4) is 5.75 Å². The van der Waals surface area contributed by atoms with Crippen LogP contribution in [0, 0.1) is 11.7 Å². The molecule has 3 rings (SSSR count). The van der Waals surface area contributed by atoms with Crippen LogP contribution in [0.15, 0.2) is 47.6 Å². The van der Waals surface area contributed by atoms with E-state index in [1.165, 1.54) is 12.1 Å². The first kappa shape index (κ1) is 20.3. The number of aromatic hydroxyl groups is 1. The van der Waals surface area contributed by atoms with E-state index in [4.69, 9.17) is 11.6 Å². The molecule has 0 saturated carbocycles. The van der Waals surface area contributed by atoms with Gasteiger partial charge in [-0.3, -0.25) is 9.69 Å². The molecule has 1 saturated heterocycles. The molecule has 5 nitrogen and oxygen atoms in total. The predicted octanol–water partition coefficient (Wildman–Crippen LogP) is 3.94. The molecule has 1 fully saturated rings. The number of rotatable bonds is 5. The highest BCUT2D eigenvalue weighted by atomic mass is 35.5. The van der Waals surface area contributed by atoms with Gasteiger partial charge in [0.05, 0.1) is 5.71 Å². The Bertz CT molecular complexity index is 880. The van der Waals surface area contributed by atoms with Crippen LogP contribution in [0.3, 0.4) is 0 Å². The first-order valence-electron chi connectivity index (χ1n) is 9.23. The monoisotopic (exact) mass is 403 g/mol. The van der Waals surface area contributed by atoms with Gasteiger partial charge in [-0.05, 0) is 62.7 Å². The smallest absolute Gasteiger partial charge is 0.243 e. The van der Waals surface area contributed by atoms with Gasteiger partial charge in [0.15, 0.2) is 0 Å². The molecule has 0 radical (unpaired) electrons. The van der Waals surface area contributed by atoms with Crippen LogP contribution in [-0.4, -0.2) is 34.7 Å². The number of nitrogens with zero attached hydrogens (tertiary/aromatic N) is 2. The summed E-state index contributed by atoms with van der Waals surface area (Å²) >= 11 is 6.10. The molecule has 0 unspecified atom stereocenters. The molecular weight excluding hydrogens is 381 g/mol. The van der Waals surface area contributed by atoms with Gasteiger partial charge >= 0.3 is 0 Å². The number of hydrogen-bond acceptors (Lipinski definition) is 4. The van der Waals surface area contributed by atoms with E-state index in [0.717, 1.165) is 31.5 Å². The molecule has 28 heavy (non-hydrogen) atoms. The molecule has 7 heteroatoms. The van der Waals surface area contributed by atoms with Crippen LogP contribution < -0.4 is 5.43 Å². The molecule has 0 aliphatic carbocycles. The van der Waals surface area contributed by atoms with Crippen LogP contribution in [0.1, 0.15) is 30.9 Å². The third kappa shape index (κ3) is 5.09. The number of carbonyl (C=O) groups is 1. The molecule has 2 N–H and O–H groups in total. The maximum absolute atomic E-state index is 13.2. The van der Waals surface area contributed by atoms with Gasteiger partial charge in [-0.2, -0.15) is 5.10 Å². The lowest BCUT2D eigenvalue weighted by Crippen LogP contribution is -2.39. The Balaban J connectivity index is 1.51. The molecular formula is C21H23ClFN3O2. The second kappa shape index (κ2) is 9.17. The van der Waals surface area contributed by atoms with Crippen molar-refractivity contribution < 1.29 is 14.3 Å². The van der Waals surface area contributed by atoms with E-state index < -0.39 is 0 Å². The fourth-order valence-electron chi connectivity index (χ4n) is 3.31. The topological polar surface area (TPSA) is 64.9 Å². The Kier molecular flexibility index (Phi) is 6.65. The number of para-hydroxylation sites is 1. The van der Waals surface area contributed by atoms with Crippen molar-refractivity contribution in [2.24, 2.45) is 11.0 Å². The summed E-state index contributed by atoms with van der Waals surface area (Å²) in [4.78, 5) is 14.6. The van der Waals surface area contributed by atoms with E-state index in [1.54, 1.807) is 37.3 Å². The number of amides is 1. The zero-order valence-electron chi connectivity index (χ0n) is 15.7. The highest BCUT2D eigenvalue weighted by Gasteiger charge is 2.25. The quantitative estimate of drug-likeness (QED) is 0.587. The summed E-state index contributed by atoms with van der Waals surface area (Å²) < 4.78 is 13.2. The Morgan fingerprint density at radius 2 is 2.00 bits per heavy atom. The first-order valence-corrected chi connectivity index (χ1v) is 9.60. The molecule has 1 amide bonds. The minimum absolute atomic E-state index is 0.110. The normalized spacial score (nSPS) is 16.2. The first-order chi connectivity index (χ1) is 13.4. The molecule has 0 atom stereocenters. The summed E-state index contributed by atoms with van der Waals surface area (Å²) in [6.45, 7) is 3.89. The van der Waals surface area contributed by atoms with Crippen LogP contribution in [0.25, 0.3) is 0 Å². The molecule has 2 aromatic rings. The van der Waals surface area contributed by atoms with E-state index in [1.807, 2.05) is 0 Å². The van der Waals surface area contributed by atoms with Gasteiger partial charge in [0.25, 0.3) is 0 Å². The number of piperidine rings is 1. The molecule has 0 aromatic heterocycles. The number of halogens is 2. The highest BCUT2D eigenvalue weighted by Crippen LogP contribution is 2.23. The lowest BCUT2D eigenvalue weighted by atomic mass is 9.96. The summed E-state index contributed by atoms with van der Waals surface area (Å²) in [7, 11) is 0. The summed E-state index contributed by atoms with van der Waals surface area (Å²) in [5, 5.41) is 14.4. The molecule has 1 aliphatic rings. The zero-order chi connectivity index (χ0) is 20.1. The number of hydrogen-bond donors (Lipinski definition) is 2. The van der Waals surface area contributed by atoms with Gasteiger partial charge in [0.1, 0.15) is 11.6 Å². The maximum atomic E-state index is 13.2. The molecule has 1 heterocycles. The van der Waals surface area contributed by atoms with E-state index >= 15 is 0 Å². The van der Waals surface area contributed by atoms with Gasteiger partial charge in [-0.25, -0.2) is 9.82 Å². The fourth-order valence-corrected chi connectivity index (χ4v) is 3.54. The van der Waals surface area contributed by atoms with Gasteiger partial charge < -0.3 is 5.11 Å². The third-order valence-electron chi connectivity index (χ3n) is 5.00.